The van der Waals surface area contributed by atoms with Gasteiger partial charge in [0.25, 0.3) is 0 Å². The number of piperazine rings is 1. The largest absolute Gasteiger partial charge is 0.495 e. The molecule has 0 aliphatic carbocycles. The van der Waals surface area contributed by atoms with Crippen molar-refractivity contribution < 1.29 is 9.66 Å². The first-order valence-corrected chi connectivity index (χ1v) is 10.5. The van der Waals surface area contributed by atoms with Crippen LogP contribution in [0.25, 0.3) is 0 Å². The van der Waals surface area contributed by atoms with E-state index >= 15 is 0 Å². The number of aryl methyl sites for hydroxylation is 1. The minimum atomic E-state index is -0.441. The molecule has 2 heterocycles. The molecule has 2 aromatic carbocycles. The fourth-order valence-corrected chi connectivity index (χ4v) is 3.94. The second-order valence-electron chi connectivity index (χ2n) is 7.43. The van der Waals surface area contributed by atoms with Gasteiger partial charge in [-0.15, -0.1) is 0 Å². The molecule has 1 saturated heterocycles. The zero-order valence-corrected chi connectivity index (χ0v) is 18.5. The van der Waals surface area contributed by atoms with Crippen LogP contribution in [-0.2, 0) is 0 Å². The molecule has 32 heavy (non-hydrogen) atoms. The number of aromatic nitrogens is 2. The normalized spacial score (nSPS) is 13.7. The van der Waals surface area contributed by atoms with Gasteiger partial charge in [0.15, 0.2) is 0 Å². The van der Waals surface area contributed by atoms with Gasteiger partial charge < -0.3 is 19.9 Å². The van der Waals surface area contributed by atoms with E-state index in [-0.39, 0.29) is 11.5 Å². The SMILES string of the molecule is COc1ccc(C)cc1Nc1ncnc(N2CCN(c3cccc(Cl)c3)CC2)c1[N+](=O)[O-]. The van der Waals surface area contributed by atoms with Crippen LogP contribution in [0.5, 0.6) is 5.75 Å². The molecule has 10 heteroatoms. The average molecular weight is 455 g/mol. The Bertz CT molecular complexity index is 1130. The van der Waals surface area contributed by atoms with E-state index in [4.69, 9.17) is 16.3 Å². The number of hydrogen-bond acceptors (Lipinski definition) is 8. The molecular weight excluding hydrogens is 432 g/mol. The summed E-state index contributed by atoms with van der Waals surface area (Å²) in [5.41, 5.74) is 2.46. The number of anilines is 4. The lowest BCUT2D eigenvalue weighted by molar-refractivity contribution is -0.383. The Balaban J connectivity index is 1.59. The molecule has 0 bridgehead atoms. The highest BCUT2D eigenvalue weighted by molar-refractivity contribution is 6.30. The van der Waals surface area contributed by atoms with Crippen LogP contribution in [0.2, 0.25) is 5.02 Å². The molecule has 1 aliphatic rings. The highest BCUT2D eigenvalue weighted by atomic mass is 35.5. The van der Waals surface area contributed by atoms with E-state index in [0.29, 0.717) is 48.5 Å². The number of nitrogens with one attached hydrogen (secondary N) is 1. The predicted octanol–water partition coefficient (Wildman–Crippen LogP) is 4.43. The van der Waals surface area contributed by atoms with Crippen molar-refractivity contribution in [3.8, 4) is 5.75 Å². The van der Waals surface area contributed by atoms with Crippen molar-refractivity contribution >= 4 is 40.3 Å². The van der Waals surface area contributed by atoms with Crippen LogP contribution >= 0.6 is 11.6 Å². The summed E-state index contributed by atoms with van der Waals surface area (Å²) in [4.78, 5) is 24.1. The lowest BCUT2D eigenvalue weighted by Gasteiger charge is -2.36. The van der Waals surface area contributed by atoms with Gasteiger partial charge in [0.2, 0.25) is 11.6 Å². The Kier molecular flexibility index (Phi) is 6.27. The van der Waals surface area contributed by atoms with Crippen molar-refractivity contribution in [3.63, 3.8) is 0 Å². The molecule has 1 fully saturated rings. The molecule has 3 aromatic rings. The summed E-state index contributed by atoms with van der Waals surface area (Å²) < 4.78 is 5.38. The summed E-state index contributed by atoms with van der Waals surface area (Å²) in [6, 6.07) is 13.2. The molecule has 0 unspecified atom stereocenters. The summed E-state index contributed by atoms with van der Waals surface area (Å²) in [5.74, 6) is 0.992. The van der Waals surface area contributed by atoms with E-state index in [1.165, 1.54) is 6.33 Å². The van der Waals surface area contributed by atoms with Crippen molar-refractivity contribution in [2.45, 2.75) is 6.92 Å². The van der Waals surface area contributed by atoms with Gasteiger partial charge in [0, 0.05) is 36.9 Å². The van der Waals surface area contributed by atoms with E-state index < -0.39 is 4.92 Å². The quantitative estimate of drug-likeness (QED) is 0.431. The maximum atomic E-state index is 12.0. The minimum absolute atomic E-state index is 0.126. The summed E-state index contributed by atoms with van der Waals surface area (Å²) >= 11 is 6.11. The summed E-state index contributed by atoms with van der Waals surface area (Å²) in [5, 5.41) is 15.8. The van der Waals surface area contributed by atoms with E-state index in [9.17, 15) is 10.1 Å². The van der Waals surface area contributed by atoms with Crippen molar-refractivity contribution in [1.29, 1.82) is 0 Å². The average Bonchev–Trinajstić information content (AvgIpc) is 2.79. The first-order chi connectivity index (χ1) is 15.5. The van der Waals surface area contributed by atoms with Gasteiger partial charge >= 0.3 is 5.69 Å². The van der Waals surface area contributed by atoms with Crippen LogP contribution < -0.4 is 19.9 Å². The van der Waals surface area contributed by atoms with Crippen molar-refractivity contribution in [2.75, 3.05) is 48.4 Å². The minimum Gasteiger partial charge on any atom is -0.495 e. The van der Waals surface area contributed by atoms with Gasteiger partial charge in [0.05, 0.1) is 17.7 Å². The van der Waals surface area contributed by atoms with Gasteiger partial charge in [-0.2, -0.15) is 0 Å². The van der Waals surface area contributed by atoms with Crippen LogP contribution in [0.15, 0.2) is 48.8 Å². The Morgan fingerprint density at radius 1 is 1.09 bits per heavy atom. The number of ether oxygens (including phenoxy) is 1. The molecule has 166 valence electrons. The Labute approximate surface area is 190 Å². The van der Waals surface area contributed by atoms with E-state index in [0.717, 1.165) is 11.3 Å². The third-order valence-electron chi connectivity index (χ3n) is 5.35. The number of nitrogens with zero attached hydrogens (tertiary/aromatic N) is 5. The molecule has 4 rings (SSSR count). The van der Waals surface area contributed by atoms with E-state index in [2.05, 4.69) is 20.2 Å². The summed E-state index contributed by atoms with van der Waals surface area (Å²) in [6.07, 6.45) is 1.34. The van der Waals surface area contributed by atoms with Crippen LogP contribution in [0, 0.1) is 17.0 Å². The van der Waals surface area contributed by atoms with Crippen molar-refractivity contribution in [2.24, 2.45) is 0 Å². The van der Waals surface area contributed by atoms with Gasteiger partial charge in [-0.05, 0) is 42.8 Å². The fourth-order valence-electron chi connectivity index (χ4n) is 3.76. The molecule has 0 atom stereocenters. The highest BCUT2D eigenvalue weighted by Gasteiger charge is 2.30. The number of halogens is 1. The van der Waals surface area contributed by atoms with Crippen LogP contribution in [0.1, 0.15) is 5.56 Å². The smallest absolute Gasteiger partial charge is 0.353 e. The molecule has 1 N–H and O–H groups in total. The summed E-state index contributed by atoms with van der Waals surface area (Å²) in [6.45, 7) is 4.48. The maximum absolute atomic E-state index is 12.0. The maximum Gasteiger partial charge on any atom is 0.353 e. The van der Waals surface area contributed by atoms with Crippen molar-refractivity contribution in [1.82, 2.24) is 9.97 Å². The van der Waals surface area contributed by atoms with Crippen LogP contribution in [-0.4, -0.2) is 48.2 Å². The van der Waals surface area contributed by atoms with Gasteiger partial charge in [-0.3, -0.25) is 10.1 Å². The molecular formula is C22H23ClN6O3. The Hall–Kier alpha value is -3.59. The Morgan fingerprint density at radius 2 is 1.84 bits per heavy atom. The zero-order valence-electron chi connectivity index (χ0n) is 17.8. The topological polar surface area (TPSA) is 96.7 Å². The van der Waals surface area contributed by atoms with Gasteiger partial charge in [-0.25, -0.2) is 9.97 Å². The molecule has 1 aliphatic heterocycles. The molecule has 0 radical (unpaired) electrons. The Morgan fingerprint density at radius 3 is 2.53 bits per heavy atom. The molecule has 9 nitrogen and oxygen atoms in total. The lowest BCUT2D eigenvalue weighted by Crippen LogP contribution is -2.47. The van der Waals surface area contributed by atoms with Crippen molar-refractivity contribution in [3.05, 3.63) is 69.5 Å². The summed E-state index contributed by atoms with van der Waals surface area (Å²) in [7, 11) is 1.55. The van der Waals surface area contributed by atoms with Crippen LogP contribution in [0.4, 0.5) is 28.7 Å². The van der Waals surface area contributed by atoms with Gasteiger partial charge in [0.1, 0.15) is 12.1 Å². The van der Waals surface area contributed by atoms with Crippen LogP contribution in [0.3, 0.4) is 0 Å². The predicted molar refractivity (Wildman–Crippen MR) is 126 cm³/mol. The molecule has 1 aromatic heterocycles. The second kappa shape index (κ2) is 9.27. The monoisotopic (exact) mass is 454 g/mol. The number of rotatable bonds is 6. The number of nitro groups is 1. The number of methoxy groups -OCH3 is 1. The zero-order chi connectivity index (χ0) is 22.7. The second-order valence-corrected chi connectivity index (χ2v) is 7.87. The standard InChI is InChI=1S/C22H23ClN6O3/c1-15-6-7-19(32-2)18(12-15)26-21-20(29(30)31)22(25-14-24-21)28-10-8-27(9-11-28)17-5-3-4-16(23)13-17/h3-7,12-14H,8-11H2,1-2H3,(H,24,25,26). The first kappa shape index (κ1) is 21.6. The molecule has 0 amide bonds. The molecule has 0 saturated carbocycles. The fraction of sp³-hybridized carbons (Fsp3) is 0.273. The third-order valence-corrected chi connectivity index (χ3v) is 5.58. The highest BCUT2D eigenvalue weighted by Crippen LogP contribution is 2.36. The van der Waals surface area contributed by atoms with Gasteiger partial charge in [-0.1, -0.05) is 23.7 Å². The number of hydrogen-bond donors (Lipinski definition) is 1. The number of benzene rings is 2. The lowest BCUT2D eigenvalue weighted by atomic mass is 10.2. The third kappa shape index (κ3) is 4.52. The molecule has 0 spiro atoms. The van der Waals surface area contributed by atoms with E-state index in [1.807, 2.05) is 48.2 Å². The first-order valence-electron chi connectivity index (χ1n) is 10.1. The van der Waals surface area contributed by atoms with E-state index in [1.54, 1.807) is 13.2 Å².